The zero-order valence-electron chi connectivity index (χ0n) is 14.2. The maximum Gasteiger partial charge on any atom is 0.337 e. The summed E-state index contributed by atoms with van der Waals surface area (Å²) < 4.78 is 32.6. The maximum absolute atomic E-state index is 13.3. The van der Waals surface area contributed by atoms with Crippen molar-refractivity contribution in [3.8, 4) is 0 Å². The molecule has 0 unspecified atom stereocenters. The van der Waals surface area contributed by atoms with Gasteiger partial charge in [-0.1, -0.05) is 12.1 Å². The first-order valence-electron chi connectivity index (χ1n) is 7.95. The third-order valence-corrected chi connectivity index (χ3v) is 6.38. The number of anilines is 2. The third kappa shape index (κ3) is 2.95. The van der Waals surface area contributed by atoms with E-state index in [9.17, 15) is 13.2 Å². The Morgan fingerprint density at radius 1 is 1.24 bits per heavy atom. The van der Waals surface area contributed by atoms with Crippen LogP contribution >= 0.6 is 0 Å². The first-order valence-corrected chi connectivity index (χ1v) is 9.39. The van der Waals surface area contributed by atoms with Gasteiger partial charge < -0.3 is 10.5 Å². The molecular weight excluding hydrogens is 340 g/mol. The number of methoxy groups -OCH3 is 1. The van der Waals surface area contributed by atoms with Crippen molar-refractivity contribution in [2.45, 2.75) is 24.7 Å². The Balaban J connectivity index is 2.13. The van der Waals surface area contributed by atoms with Gasteiger partial charge in [0.25, 0.3) is 10.0 Å². The lowest BCUT2D eigenvalue weighted by atomic mass is 10.0. The second-order valence-electron chi connectivity index (χ2n) is 6.00. The number of sulfonamides is 1. The Bertz CT molecular complexity index is 938. The average molecular weight is 360 g/mol. The molecular formula is C18H20N2O4S. The van der Waals surface area contributed by atoms with Gasteiger partial charge in [-0.3, -0.25) is 4.31 Å². The minimum absolute atomic E-state index is 0.102. The third-order valence-electron chi connectivity index (χ3n) is 4.42. The van der Waals surface area contributed by atoms with Crippen LogP contribution in [0.3, 0.4) is 0 Å². The monoisotopic (exact) mass is 360 g/mol. The van der Waals surface area contributed by atoms with Crippen LogP contribution in [0.2, 0.25) is 0 Å². The fraction of sp³-hybridized carbons (Fsp3) is 0.278. The number of hydrogen-bond acceptors (Lipinski definition) is 5. The highest BCUT2D eigenvalue weighted by Crippen LogP contribution is 2.35. The minimum atomic E-state index is -3.82. The van der Waals surface area contributed by atoms with E-state index in [1.165, 1.54) is 17.5 Å². The number of carbonyl (C=O) groups is 1. The summed E-state index contributed by atoms with van der Waals surface area (Å²) >= 11 is 0. The van der Waals surface area contributed by atoms with Gasteiger partial charge in [-0.05, 0) is 55.2 Å². The molecule has 25 heavy (non-hydrogen) atoms. The second-order valence-corrected chi connectivity index (χ2v) is 7.83. The molecule has 2 aromatic rings. The number of carbonyl (C=O) groups excluding carboxylic acids is 1. The van der Waals surface area contributed by atoms with Crippen molar-refractivity contribution in [2.24, 2.45) is 0 Å². The highest BCUT2D eigenvalue weighted by atomic mass is 32.2. The summed E-state index contributed by atoms with van der Waals surface area (Å²) in [6.45, 7) is 2.08. The summed E-state index contributed by atoms with van der Waals surface area (Å²) in [6.07, 6.45) is 1.44. The Kier molecular flexibility index (Phi) is 4.43. The molecule has 1 aliphatic rings. The van der Waals surface area contributed by atoms with Crippen LogP contribution in [-0.4, -0.2) is 28.0 Å². The number of aryl methyl sites for hydroxylation is 1. The highest BCUT2D eigenvalue weighted by Gasteiger charge is 2.31. The molecule has 132 valence electrons. The van der Waals surface area contributed by atoms with E-state index in [2.05, 4.69) is 0 Å². The summed E-state index contributed by atoms with van der Waals surface area (Å²) in [5.41, 5.74) is 8.84. The predicted octanol–water partition coefficient (Wildman–Crippen LogP) is 2.51. The summed E-state index contributed by atoms with van der Waals surface area (Å²) in [5, 5.41) is 0. The molecule has 1 aliphatic heterocycles. The van der Waals surface area contributed by atoms with E-state index in [1.54, 1.807) is 37.3 Å². The molecule has 1 heterocycles. The number of hydrogen-bond donors (Lipinski definition) is 1. The van der Waals surface area contributed by atoms with Crippen LogP contribution in [0.4, 0.5) is 11.4 Å². The van der Waals surface area contributed by atoms with Gasteiger partial charge in [0.2, 0.25) is 0 Å². The van der Waals surface area contributed by atoms with Gasteiger partial charge in [0.1, 0.15) is 0 Å². The topological polar surface area (TPSA) is 89.7 Å². The van der Waals surface area contributed by atoms with Crippen molar-refractivity contribution in [3.05, 3.63) is 53.1 Å². The van der Waals surface area contributed by atoms with E-state index in [0.29, 0.717) is 29.9 Å². The molecule has 0 saturated carbocycles. The van der Waals surface area contributed by atoms with Crippen LogP contribution in [0.25, 0.3) is 0 Å². The first-order chi connectivity index (χ1) is 11.9. The normalized spacial score (nSPS) is 14.1. The van der Waals surface area contributed by atoms with Gasteiger partial charge in [0.05, 0.1) is 23.3 Å². The quantitative estimate of drug-likeness (QED) is 0.671. The number of nitrogens with two attached hydrogens (primary N) is 1. The van der Waals surface area contributed by atoms with Crippen molar-refractivity contribution in [2.75, 3.05) is 23.7 Å². The molecule has 0 saturated heterocycles. The van der Waals surface area contributed by atoms with Crippen molar-refractivity contribution in [1.82, 2.24) is 0 Å². The maximum atomic E-state index is 13.3. The zero-order valence-corrected chi connectivity index (χ0v) is 15.0. The lowest BCUT2D eigenvalue weighted by Gasteiger charge is -2.31. The number of fused-ring (bicyclic) bond motifs is 1. The van der Waals surface area contributed by atoms with Gasteiger partial charge in [0.15, 0.2) is 0 Å². The van der Waals surface area contributed by atoms with E-state index in [1.807, 2.05) is 0 Å². The van der Waals surface area contributed by atoms with E-state index < -0.39 is 16.0 Å². The lowest BCUT2D eigenvalue weighted by Crippen LogP contribution is -2.36. The number of ether oxygens (including phenoxy) is 1. The standard InChI is InChI=1S/C18H20N2O4S/c1-12-8-9-13(18(21)24-2)11-17(12)25(22,23)20-10-4-5-14-15(19)6-3-7-16(14)20/h3,6-9,11H,4-5,10,19H2,1-2H3. The molecule has 0 aromatic heterocycles. The predicted molar refractivity (Wildman–Crippen MR) is 96.2 cm³/mol. The molecule has 0 amide bonds. The molecule has 7 heteroatoms. The van der Waals surface area contributed by atoms with Crippen LogP contribution in [0.5, 0.6) is 0 Å². The summed E-state index contributed by atoms with van der Waals surface area (Å²) in [5.74, 6) is -0.570. The first kappa shape index (κ1) is 17.3. The number of benzene rings is 2. The van der Waals surface area contributed by atoms with Gasteiger partial charge >= 0.3 is 5.97 Å². The van der Waals surface area contributed by atoms with E-state index in [-0.39, 0.29) is 10.5 Å². The Morgan fingerprint density at radius 2 is 2.00 bits per heavy atom. The number of esters is 1. The fourth-order valence-electron chi connectivity index (χ4n) is 3.11. The molecule has 3 rings (SSSR count). The van der Waals surface area contributed by atoms with Crippen LogP contribution < -0.4 is 10.0 Å². The molecule has 0 fully saturated rings. The number of nitrogen functional groups attached to an aromatic ring is 1. The summed E-state index contributed by atoms with van der Waals surface area (Å²) in [7, 11) is -2.55. The minimum Gasteiger partial charge on any atom is -0.465 e. The molecule has 0 bridgehead atoms. The lowest BCUT2D eigenvalue weighted by molar-refractivity contribution is 0.0600. The molecule has 0 aliphatic carbocycles. The molecule has 0 atom stereocenters. The average Bonchev–Trinajstić information content (AvgIpc) is 2.61. The molecule has 2 N–H and O–H groups in total. The largest absolute Gasteiger partial charge is 0.465 e. The van der Waals surface area contributed by atoms with Gasteiger partial charge in [0, 0.05) is 12.2 Å². The summed E-state index contributed by atoms with van der Waals surface area (Å²) in [4.78, 5) is 11.9. The van der Waals surface area contributed by atoms with Gasteiger partial charge in [-0.15, -0.1) is 0 Å². The Labute approximate surface area is 147 Å². The van der Waals surface area contributed by atoms with Crippen LogP contribution in [0, 0.1) is 6.92 Å². The summed E-state index contributed by atoms with van der Waals surface area (Å²) in [6, 6.07) is 9.84. The highest BCUT2D eigenvalue weighted by molar-refractivity contribution is 7.92. The van der Waals surface area contributed by atoms with Crippen molar-refractivity contribution in [3.63, 3.8) is 0 Å². The Morgan fingerprint density at radius 3 is 2.72 bits per heavy atom. The Hall–Kier alpha value is -2.54. The van der Waals surface area contributed by atoms with Crippen molar-refractivity contribution in [1.29, 1.82) is 0 Å². The molecule has 2 aromatic carbocycles. The van der Waals surface area contributed by atoms with Crippen LogP contribution in [0.15, 0.2) is 41.3 Å². The van der Waals surface area contributed by atoms with Crippen LogP contribution in [0.1, 0.15) is 27.9 Å². The second kappa shape index (κ2) is 6.40. The van der Waals surface area contributed by atoms with Crippen LogP contribution in [-0.2, 0) is 21.2 Å². The number of rotatable bonds is 3. The van der Waals surface area contributed by atoms with Crippen molar-refractivity contribution < 1.29 is 17.9 Å². The molecule has 0 radical (unpaired) electrons. The van der Waals surface area contributed by atoms with E-state index in [0.717, 1.165) is 12.0 Å². The zero-order chi connectivity index (χ0) is 18.2. The molecule has 0 spiro atoms. The number of nitrogens with zero attached hydrogens (tertiary/aromatic N) is 1. The van der Waals surface area contributed by atoms with E-state index in [4.69, 9.17) is 10.5 Å². The molecule has 6 nitrogen and oxygen atoms in total. The van der Waals surface area contributed by atoms with Gasteiger partial charge in [-0.25, -0.2) is 13.2 Å². The van der Waals surface area contributed by atoms with Crippen molar-refractivity contribution >= 4 is 27.4 Å². The van der Waals surface area contributed by atoms with Gasteiger partial charge in [-0.2, -0.15) is 0 Å². The van der Waals surface area contributed by atoms with E-state index >= 15 is 0 Å². The SMILES string of the molecule is COC(=O)c1ccc(C)c(S(=O)(=O)N2CCCc3c(N)cccc32)c1. The smallest absolute Gasteiger partial charge is 0.337 e. The fourth-order valence-corrected chi connectivity index (χ4v) is 4.90.